The molecule has 28 heavy (non-hydrogen) atoms. The summed E-state index contributed by atoms with van der Waals surface area (Å²) in [5.41, 5.74) is 4.38. The van der Waals surface area contributed by atoms with Crippen molar-refractivity contribution < 1.29 is 9.90 Å². The van der Waals surface area contributed by atoms with Crippen LogP contribution in [0.5, 0.6) is 0 Å². The third-order valence-electron chi connectivity index (χ3n) is 6.40. The normalized spacial score (nSPS) is 24.1. The first-order valence-corrected chi connectivity index (χ1v) is 10.1. The molecule has 1 aromatic carbocycles. The molecule has 1 aromatic heterocycles. The highest BCUT2D eigenvalue weighted by atomic mass is 16.3. The van der Waals surface area contributed by atoms with E-state index < -0.39 is 0 Å². The topological polar surface area (TPSA) is 69.3 Å². The predicted molar refractivity (Wildman–Crippen MR) is 108 cm³/mol. The summed E-state index contributed by atoms with van der Waals surface area (Å²) in [6.07, 6.45) is 2.57. The quantitative estimate of drug-likeness (QED) is 0.809. The van der Waals surface area contributed by atoms with Crippen molar-refractivity contribution in [1.82, 2.24) is 9.47 Å². The summed E-state index contributed by atoms with van der Waals surface area (Å²) in [5, 5.41) is 19.2. The van der Waals surface area contributed by atoms with Crippen molar-refractivity contribution in [3.05, 3.63) is 52.8 Å². The maximum Gasteiger partial charge on any atom is 0.178 e. The van der Waals surface area contributed by atoms with Gasteiger partial charge in [-0.15, -0.1) is 0 Å². The summed E-state index contributed by atoms with van der Waals surface area (Å²) < 4.78 is 2.13. The van der Waals surface area contributed by atoms with Crippen LogP contribution >= 0.6 is 0 Å². The first kappa shape index (κ1) is 18.9. The molecule has 2 fully saturated rings. The van der Waals surface area contributed by atoms with E-state index in [-0.39, 0.29) is 23.8 Å². The van der Waals surface area contributed by atoms with E-state index in [1.54, 1.807) is 0 Å². The Labute approximate surface area is 166 Å². The standard InChI is InChI=1S/C23H27N3O2/c1-14(2)21-11-19(15(3)26(21)17-6-4-16(12-24)5-7-17)23(28)13-25-18-8-9-20(25)22(27)10-18/h4-7,11,14,18,20,22,27H,8-10,13H2,1-3H3/t18-,20+,22+/m0/s1. The van der Waals surface area contributed by atoms with Crippen LogP contribution in [0.4, 0.5) is 0 Å². The van der Waals surface area contributed by atoms with Gasteiger partial charge in [-0.1, -0.05) is 13.8 Å². The number of fused-ring (bicyclic) bond motifs is 2. The summed E-state index contributed by atoms with van der Waals surface area (Å²) in [6, 6.07) is 12.1. The molecular formula is C23H27N3O2. The smallest absolute Gasteiger partial charge is 0.178 e. The predicted octanol–water partition coefficient (Wildman–Crippen LogP) is 3.56. The highest BCUT2D eigenvalue weighted by Crippen LogP contribution is 2.38. The number of carbonyl (C=O) groups excluding carboxylic acids is 1. The summed E-state index contributed by atoms with van der Waals surface area (Å²) in [5.74, 6) is 0.387. The number of ketones is 1. The number of aliphatic hydroxyl groups excluding tert-OH is 1. The van der Waals surface area contributed by atoms with Crippen LogP contribution < -0.4 is 0 Å². The summed E-state index contributed by atoms with van der Waals surface area (Å²) in [7, 11) is 0. The molecular weight excluding hydrogens is 350 g/mol. The molecule has 4 rings (SSSR count). The second-order valence-electron chi connectivity index (χ2n) is 8.41. The molecule has 0 spiro atoms. The van der Waals surface area contributed by atoms with Gasteiger partial charge >= 0.3 is 0 Å². The number of aromatic nitrogens is 1. The number of Topliss-reactive ketones (excluding diaryl/α,β-unsaturated/α-hetero) is 1. The van der Waals surface area contributed by atoms with Gasteiger partial charge in [-0.05, 0) is 62.4 Å². The highest BCUT2D eigenvalue weighted by Gasteiger charge is 2.46. The lowest BCUT2D eigenvalue weighted by Gasteiger charge is -2.21. The molecule has 146 valence electrons. The molecule has 2 saturated heterocycles. The van der Waals surface area contributed by atoms with E-state index >= 15 is 0 Å². The largest absolute Gasteiger partial charge is 0.391 e. The molecule has 0 amide bonds. The molecule has 5 heteroatoms. The maximum atomic E-state index is 13.2. The van der Waals surface area contributed by atoms with Gasteiger partial charge in [-0.25, -0.2) is 0 Å². The fraction of sp³-hybridized carbons (Fsp3) is 0.478. The van der Waals surface area contributed by atoms with E-state index in [0.717, 1.165) is 41.9 Å². The van der Waals surface area contributed by atoms with Crippen LogP contribution in [0.15, 0.2) is 30.3 Å². The van der Waals surface area contributed by atoms with Crippen LogP contribution in [0, 0.1) is 18.3 Å². The highest BCUT2D eigenvalue weighted by molar-refractivity contribution is 5.99. The lowest BCUT2D eigenvalue weighted by Crippen LogP contribution is -2.36. The van der Waals surface area contributed by atoms with Crippen LogP contribution in [0.25, 0.3) is 5.69 Å². The summed E-state index contributed by atoms with van der Waals surface area (Å²) >= 11 is 0. The van der Waals surface area contributed by atoms with Gasteiger partial charge in [-0.3, -0.25) is 9.69 Å². The molecule has 5 nitrogen and oxygen atoms in total. The van der Waals surface area contributed by atoms with Crippen molar-refractivity contribution in [2.24, 2.45) is 0 Å². The lowest BCUT2D eigenvalue weighted by molar-refractivity contribution is 0.0873. The molecule has 3 atom stereocenters. The van der Waals surface area contributed by atoms with E-state index in [9.17, 15) is 9.90 Å². The fourth-order valence-corrected chi connectivity index (χ4v) is 4.93. The first-order chi connectivity index (χ1) is 13.4. The number of benzene rings is 1. The van der Waals surface area contributed by atoms with Crippen LogP contribution in [-0.2, 0) is 0 Å². The monoisotopic (exact) mass is 377 g/mol. The molecule has 0 saturated carbocycles. The van der Waals surface area contributed by atoms with E-state index in [0.29, 0.717) is 18.2 Å². The second kappa shape index (κ2) is 7.20. The molecule has 2 aliphatic rings. The van der Waals surface area contributed by atoms with Crippen molar-refractivity contribution in [2.45, 2.75) is 64.1 Å². The number of hydrogen-bond donors (Lipinski definition) is 1. The minimum Gasteiger partial charge on any atom is -0.391 e. The third-order valence-corrected chi connectivity index (χ3v) is 6.40. The number of rotatable bonds is 5. The minimum absolute atomic E-state index is 0.123. The Hall–Kier alpha value is -2.42. The van der Waals surface area contributed by atoms with Gasteiger partial charge in [-0.2, -0.15) is 5.26 Å². The molecule has 3 heterocycles. The van der Waals surface area contributed by atoms with Gasteiger partial charge in [0, 0.05) is 34.7 Å². The Balaban J connectivity index is 1.66. The van der Waals surface area contributed by atoms with Gasteiger partial charge in [0.15, 0.2) is 5.78 Å². The van der Waals surface area contributed by atoms with Gasteiger partial charge in [0.05, 0.1) is 24.3 Å². The third kappa shape index (κ3) is 3.07. The van der Waals surface area contributed by atoms with Crippen LogP contribution in [0.1, 0.15) is 66.3 Å². The van der Waals surface area contributed by atoms with Crippen LogP contribution in [0.2, 0.25) is 0 Å². The zero-order valence-corrected chi connectivity index (χ0v) is 16.7. The van der Waals surface area contributed by atoms with Crippen molar-refractivity contribution in [1.29, 1.82) is 5.26 Å². The molecule has 1 N–H and O–H groups in total. The molecule has 2 bridgehead atoms. The molecule has 2 aromatic rings. The van der Waals surface area contributed by atoms with Crippen molar-refractivity contribution in [3.8, 4) is 11.8 Å². The number of nitriles is 1. The number of carbonyl (C=O) groups is 1. The molecule has 0 unspecified atom stereocenters. The Kier molecular flexibility index (Phi) is 4.86. The van der Waals surface area contributed by atoms with Crippen LogP contribution in [-0.4, -0.2) is 45.1 Å². The SMILES string of the molecule is Cc1c(C(=O)CN2[C@H]3CC[C@@H]2[C@H](O)C3)cc(C(C)C)n1-c1ccc(C#N)cc1. The average Bonchev–Trinajstić information content (AvgIpc) is 3.32. The zero-order valence-electron chi connectivity index (χ0n) is 16.7. The Bertz CT molecular complexity index is 936. The van der Waals surface area contributed by atoms with E-state index in [1.165, 1.54) is 0 Å². The van der Waals surface area contributed by atoms with Gasteiger partial charge < -0.3 is 9.67 Å². The summed E-state index contributed by atoms with van der Waals surface area (Å²) in [4.78, 5) is 15.4. The Morgan fingerprint density at radius 3 is 2.54 bits per heavy atom. The van der Waals surface area contributed by atoms with E-state index in [4.69, 9.17) is 5.26 Å². The molecule has 2 aliphatic heterocycles. The van der Waals surface area contributed by atoms with Gasteiger partial charge in [0.2, 0.25) is 0 Å². The lowest BCUT2D eigenvalue weighted by atomic mass is 9.98. The number of hydrogen-bond acceptors (Lipinski definition) is 4. The zero-order chi connectivity index (χ0) is 20.0. The van der Waals surface area contributed by atoms with Crippen molar-refractivity contribution in [3.63, 3.8) is 0 Å². The average molecular weight is 377 g/mol. The van der Waals surface area contributed by atoms with Gasteiger partial charge in [0.25, 0.3) is 0 Å². The van der Waals surface area contributed by atoms with Gasteiger partial charge in [0.1, 0.15) is 0 Å². The van der Waals surface area contributed by atoms with Crippen molar-refractivity contribution >= 4 is 5.78 Å². The van der Waals surface area contributed by atoms with Crippen LogP contribution in [0.3, 0.4) is 0 Å². The first-order valence-electron chi connectivity index (χ1n) is 10.1. The Morgan fingerprint density at radius 1 is 1.29 bits per heavy atom. The summed E-state index contributed by atoms with van der Waals surface area (Å²) in [6.45, 7) is 6.62. The van der Waals surface area contributed by atoms with E-state index in [2.05, 4.69) is 29.4 Å². The Morgan fingerprint density at radius 2 is 2.00 bits per heavy atom. The minimum atomic E-state index is -0.290. The number of aliphatic hydroxyl groups is 1. The van der Waals surface area contributed by atoms with Crippen molar-refractivity contribution in [2.75, 3.05) is 6.54 Å². The fourth-order valence-electron chi connectivity index (χ4n) is 4.93. The molecule has 0 radical (unpaired) electrons. The number of nitrogens with zero attached hydrogens (tertiary/aromatic N) is 3. The maximum absolute atomic E-state index is 13.2. The molecule has 0 aliphatic carbocycles. The second-order valence-corrected chi connectivity index (χ2v) is 8.41. The van der Waals surface area contributed by atoms with E-state index in [1.807, 2.05) is 37.3 Å².